The lowest BCUT2D eigenvalue weighted by Crippen LogP contribution is -2.46. The number of hydrogen-bond donors (Lipinski definition) is 4. The molecule has 2 aromatic carbocycles. The third-order valence-electron chi connectivity index (χ3n) is 6.47. The van der Waals surface area contributed by atoms with Crippen molar-refractivity contribution in [3.8, 4) is 17.6 Å². The van der Waals surface area contributed by atoms with Gasteiger partial charge in [0.15, 0.2) is 6.17 Å². The van der Waals surface area contributed by atoms with Gasteiger partial charge in [-0.15, -0.1) is 11.3 Å². The van der Waals surface area contributed by atoms with Crippen molar-refractivity contribution in [1.82, 2.24) is 10.4 Å². The summed E-state index contributed by atoms with van der Waals surface area (Å²) in [6, 6.07) is 8.93. The molecule has 1 fully saturated rings. The van der Waals surface area contributed by atoms with Crippen LogP contribution in [0.5, 0.6) is 5.75 Å². The van der Waals surface area contributed by atoms with Crippen molar-refractivity contribution < 1.29 is 32.3 Å². The van der Waals surface area contributed by atoms with Crippen LogP contribution in [0.3, 0.4) is 0 Å². The van der Waals surface area contributed by atoms with Crippen molar-refractivity contribution >= 4 is 38.7 Å². The molecule has 1 amide bonds. The molecule has 2 heterocycles. The predicted octanol–water partition coefficient (Wildman–Crippen LogP) is 5.22. The molecule has 39 heavy (non-hydrogen) atoms. The number of ether oxygens (including phenoxy) is 1. The molecule has 208 valence electrons. The van der Waals surface area contributed by atoms with E-state index in [1.165, 1.54) is 19.2 Å². The Hall–Kier alpha value is -3.53. The maximum Gasteiger partial charge on any atom is 0.274 e. The second-order valence-corrected chi connectivity index (χ2v) is 10.1. The van der Waals surface area contributed by atoms with Crippen LogP contribution < -0.4 is 20.9 Å². The molecule has 3 unspecified atom stereocenters. The zero-order valence-corrected chi connectivity index (χ0v) is 22.0. The predicted molar refractivity (Wildman–Crippen MR) is 144 cm³/mol. The fourth-order valence-electron chi connectivity index (χ4n) is 4.47. The Morgan fingerprint density at radius 2 is 2.05 bits per heavy atom. The van der Waals surface area contributed by atoms with E-state index in [0.29, 0.717) is 40.2 Å². The van der Waals surface area contributed by atoms with E-state index >= 15 is 0 Å². The Bertz CT molecular complexity index is 1390. The highest BCUT2D eigenvalue weighted by Gasteiger charge is 2.31. The molecule has 0 aliphatic carbocycles. The van der Waals surface area contributed by atoms with Crippen LogP contribution in [0.15, 0.2) is 36.4 Å². The molecule has 1 aliphatic rings. The van der Waals surface area contributed by atoms with Crippen LogP contribution in [-0.4, -0.2) is 68.4 Å². The molecule has 1 saturated heterocycles. The van der Waals surface area contributed by atoms with Crippen molar-refractivity contribution in [2.75, 3.05) is 44.4 Å². The van der Waals surface area contributed by atoms with Crippen LogP contribution in [0.4, 0.5) is 28.9 Å². The molecule has 4 rings (SSSR count). The number of hydrogen-bond acceptors (Lipinski definition) is 7. The Balaban J connectivity index is 1.60. The highest BCUT2D eigenvalue weighted by molar-refractivity contribution is 7.20. The van der Waals surface area contributed by atoms with Crippen LogP contribution in [0, 0.1) is 11.8 Å². The number of rotatable bonds is 8. The van der Waals surface area contributed by atoms with Gasteiger partial charge in [0.05, 0.1) is 40.6 Å². The summed E-state index contributed by atoms with van der Waals surface area (Å²) in [7, 11) is 3.26. The normalized spacial score (nSPS) is 18.4. The fraction of sp³-hybridized carbons (Fsp3) is 0.370. The van der Waals surface area contributed by atoms with Gasteiger partial charge >= 0.3 is 0 Å². The molecule has 3 atom stereocenters. The Morgan fingerprint density at radius 3 is 2.74 bits per heavy atom. The average molecular weight is 565 g/mol. The molecule has 7 nitrogen and oxygen atoms in total. The number of nitrogens with zero attached hydrogens (tertiary/aromatic N) is 1. The number of piperidine rings is 1. The Kier molecular flexibility index (Phi) is 9.16. The second-order valence-electron chi connectivity index (χ2n) is 9.09. The van der Waals surface area contributed by atoms with Gasteiger partial charge in [0.2, 0.25) is 0 Å². The number of alkyl halides is 4. The summed E-state index contributed by atoms with van der Waals surface area (Å²) in [5.41, 5.74) is 2.59. The molecule has 0 spiro atoms. The molecule has 1 aromatic heterocycles. The second kappa shape index (κ2) is 12.5. The highest BCUT2D eigenvalue weighted by Crippen LogP contribution is 2.42. The van der Waals surface area contributed by atoms with E-state index in [9.17, 15) is 22.4 Å². The number of anilines is 2. The van der Waals surface area contributed by atoms with Crippen molar-refractivity contribution in [1.29, 1.82) is 0 Å². The molecular formula is C27H28F4N4O3S. The van der Waals surface area contributed by atoms with Gasteiger partial charge in [0.1, 0.15) is 11.9 Å². The first kappa shape index (κ1) is 28.5. The number of amides is 1. The molecule has 4 N–H and O–H groups in total. The summed E-state index contributed by atoms with van der Waals surface area (Å²) < 4.78 is 62.3. The maximum atomic E-state index is 14.8. The van der Waals surface area contributed by atoms with Gasteiger partial charge < -0.3 is 20.3 Å². The SMILES string of the molecule is COc1cc(C(=O)NO)ccc1NCC#Cc1sc2c(NC3CCN(C)CC3F)cccc2c1C(F)C(F)F. The van der Waals surface area contributed by atoms with E-state index in [-0.39, 0.29) is 29.1 Å². The number of benzene rings is 2. The number of carbonyl (C=O) groups is 1. The van der Waals surface area contributed by atoms with Gasteiger partial charge in [0, 0.05) is 29.6 Å². The Morgan fingerprint density at radius 1 is 1.26 bits per heavy atom. The molecular weight excluding hydrogens is 536 g/mol. The van der Waals surface area contributed by atoms with E-state index in [0.717, 1.165) is 11.3 Å². The molecule has 12 heteroatoms. The van der Waals surface area contributed by atoms with E-state index in [1.54, 1.807) is 29.7 Å². The first-order valence-corrected chi connectivity index (χ1v) is 13.0. The van der Waals surface area contributed by atoms with Crippen molar-refractivity contribution in [3.05, 3.63) is 52.4 Å². The molecule has 0 radical (unpaired) electrons. The standard InChI is InChI=1S/C27H28F4N4O3S/c1-35-12-10-18(17(28)14-35)33-20-6-3-5-16-23(24(29)26(30)31)22(39-25(16)20)7-4-11-32-19-9-8-15(27(36)34-37)13-21(19)38-2/h3,5-6,8-9,13,17-18,24,26,32-33,37H,10-12,14H2,1-2H3,(H,34,36). The third kappa shape index (κ3) is 6.38. The summed E-state index contributed by atoms with van der Waals surface area (Å²) in [6.45, 7) is 1.06. The van der Waals surface area contributed by atoms with Crippen molar-refractivity contribution in [3.63, 3.8) is 0 Å². The highest BCUT2D eigenvalue weighted by atomic mass is 32.1. The molecule has 0 bridgehead atoms. The molecule has 1 aliphatic heterocycles. The van der Waals surface area contributed by atoms with Crippen LogP contribution in [-0.2, 0) is 0 Å². The van der Waals surface area contributed by atoms with Crippen molar-refractivity contribution in [2.24, 2.45) is 0 Å². The first-order valence-electron chi connectivity index (χ1n) is 12.2. The average Bonchev–Trinajstić information content (AvgIpc) is 3.30. The van der Waals surface area contributed by atoms with E-state index in [1.807, 2.05) is 11.9 Å². The summed E-state index contributed by atoms with van der Waals surface area (Å²) in [4.78, 5) is 13.7. The van der Waals surface area contributed by atoms with Gasteiger partial charge in [-0.25, -0.2) is 23.0 Å². The lowest BCUT2D eigenvalue weighted by atomic mass is 10.0. The van der Waals surface area contributed by atoms with Crippen LogP contribution >= 0.6 is 11.3 Å². The van der Waals surface area contributed by atoms with Gasteiger partial charge in [0.25, 0.3) is 12.3 Å². The zero-order valence-electron chi connectivity index (χ0n) is 21.2. The molecule has 0 saturated carbocycles. The lowest BCUT2D eigenvalue weighted by molar-refractivity contribution is 0.0504. The van der Waals surface area contributed by atoms with Crippen molar-refractivity contribution in [2.45, 2.75) is 31.2 Å². The van der Waals surface area contributed by atoms with E-state index < -0.39 is 30.7 Å². The monoisotopic (exact) mass is 564 g/mol. The summed E-state index contributed by atoms with van der Waals surface area (Å²) in [5, 5.41) is 15.3. The number of halogens is 4. The smallest absolute Gasteiger partial charge is 0.274 e. The van der Waals surface area contributed by atoms with E-state index in [2.05, 4.69) is 22.5 Å². The van der Waals surface area contributed by atoms with Gasteiger partial charge in [-0.05, 0) is 37.7 Å². The largest absolute Gasteiger partial charge is 0.495 e. The van der Waals surface area contributed by atoms with Gasteiger partial charge in [-0.1, -0.05) is 24.0 Å². The minimum atomic E-state index is -3.24. The topological polar surface area (TPSA) is 85.9 Å². The summed E-state index contributed by atoms with van der Waals surface area (Å²) in [6.07, 6.45) is -6.31. The first-order chi connectivity index (χ1) is 18.7. The van der Waals surface area contributed by atoms with Crippen LogP contribution in [0.1, 0.15) is 33.4 Å². The number of carbonyl (C=O) groups excluding carboxylic acids is 1. The minimum Gasteiger partial charge on any atom is -0.495 e. The number of hydroxylamine groups is 1. The van der Waals surface area contributed by atoms with Crippen LogP contribution in [0.25, 0.3) is 10.1 Å². The van der Waals surface area contributed by atoms with Gasteiger partial charge in [-0.2, -0.15) is 0 Å². The number of nitrogens with one attached hydrogen (secondary N) is 3. The minimum absolute atomic E-state index is 0.0610. The van der Waals surface area contributed by atoms with Gasteiger partial charge in [-0.3, -0.25) is 10.0 Å². The molecule has 3 aromatic rings. The summed E-state index contributed by atoms with van der Waals surface area (Å²) >= 11 is 1.09. The number of likely N-dealkylation sites (tertiary alicyclic amines) is 1. The number of methoxy groups -OCH3 is 1. The fourth-order valence-corrected chi connectivity index (χ4v) is 5.66. The lowest BCUT2D eigenvalue weighted by Gasteiger charge is -2.33. The summed E-state index contributed by atoms with van der Waals surface area (Å²) in [5.74, 6) is 5.26. The number of thiophene rings is 1. The Labute approximate surface area is 227 Å². The third-order valence-corrected chi connectivity index (χ3v) is 7.64. The van der Waals surface area contributed by atoms with E-state index in [4.69, 9.17) is 9.94 Å². The quantitative estimate of drug-likeness (QED) is 0.130. The maximum absolute atomic E-state index is 14.8. The van der Waals surface area contributed by atoms with Crippen LogP contribution in [0.2, 0.25) is 0 Å². The number of fused-ring (bicyclic) bond motifs is 1. The zero-order chi connectivity index (χ0) is 28.1.